The van der Waals surface area contributed by atoms with Crippen LogP contribution in [0, 0.1) is 0 Å². The normalized spacial score (nSPS) is 14.6. The Hall–Kier alpha value is -1.93. The van der Waals surface area contributed by atoms with Crippen molar-refractivity contribution in [2.45, 2.75) is 69.1 Å². The number of hydrogen-bond acceptors (Lipinski definition) is 9. The fraction of sp³-hybridized carbons (Fsp3) is 0.800. The molecule has 11 N–H and O–H groups in total. The van der Waals surface area contributed by atoms with Gasteiger partial charge in [0, 0.05) is 0 Å². The zero-order valence-corrected chi connectivity index (χ0v) is 20.1. The van der Waals surface area contributed by atoms with E-state index in [1.807, 2.05) is 6.26 Å². The second-order valence-corrected chi connectivity index (χ2v) is 8.65. The van der Waals surface area contributed by atoms with Crippen LogP contribution in [0.2, 0.25) is 0 Å². The number of hydrogen-bond donors (Lipinski definition) is 8. The van der Waals surface area contributed by atoms with Gasteiger partial charge < -0.3 is 43.4 Å². The molecule has 192 valence electrons. The Labute approximate surface area is 199 Å². The highest BCUT2D eigenvalue weighted by molar-refractivity contribution is 7.98. The fourth-order valence-electron chi connectivity index (χ4n) is 2.91. The fourth-order valence-corrected chi connectivity index (χ4v) is 3.39. The Morgan fingerprint density at radius 1 is 0.788 bits per heavy atom. The lowest BCUT2D eigenvalue weighted by atomic mass is 10.1. The molecule has 0 spiro atoms. The molecule has 0 aromatic rings. The monoisotopic (exact) mass is 492 g/mol. The van der Waals surface area contributed by atoms with Gasteiger partial charge in [0.2, 0.25) is 17.7 Å². The second kappa shape index (κ2) is 18.5. The highest BCUT2D eigenvalue weighted by Gasteiger charge is 2.29. The van der Waals surface area contributed by atoms with Crippen molar-refractivity contribution in [2.75, 3.05) is 31.7 Å². The maximum Gasteiger partial charge on any atom is 0.326 e. The second-order valence-electron chi connectivity index (χ2n) is 7.66. The van der Waals surface area contributed by atoms with Crippen LogP contribution >= 0.6 is 11.8 Å². The summed E-state index contributed by atoms with van der Waals surface area (Å²) in [7, 11) is 0. The highest BCUT2D eigenvalue weighted by atomic mass is 32.2. The number of carboxylic acids is 1. The number of rotatable bonds is 19. The number of nitrogens with one attached hydrogen (secondary N) is 3. The largest absolute Gasteiger partial charge is 0.480 e. The third-order valence-electron chi connectivity index (χ3n) is 4.93. The molecule has 33 heavy (non-hydrogen) atoms. The van der Waals surface area contributed by atoms with Crippen LogP contribution in [0.1, 0.15) is 44.9 Å². The van der Waals surface area contributed by atoms with Gasteiger partial charge >= 0.3 is 5.97 Å². The van der Waals surface area contributed by atoms with E-state index in [1.165, 1.54) is 0 Å². The van der Waals surface area contributed by atoms with Crippen molar-refractivity contribution >= 4 is 35.5 Å². The van der Waals surface area contributed by atoms with Gasteiger partial charge in [0.05, 0.1) is 12.6 Å². The number of carboxylic acid groups (broad SMARTS) is 1. The van der Waals surface area contributed by atoms with Gasteiger partial charge in [0.25, 0.3) is 0 Å². The number of thioether (sulfide) groups is 1. The van der Waals surface area contributed by atoms with Crippen LogP contribution in [0.3, 0.4) is 0 Å². The van der Waals surface area contributed by atoms with Crippen LogP contribution in [-0.2, 0) is 19.2 Å². The van der Waals surface area contributed by atoms with Gasteiger partial charge in [0.15, 0.2) is 0 Å². The Balaban J connectivity index is 5.14. The lowest BCUT2D eigenvalue weighted by Crippen LogP contribution is -2.58. The first-order valence-electron chi connectivity index (χ1n) is 11.1. The third kappa shape index (κ3) is 13.4. The lowest BCUT2D eigenvalue weighted by molar-refractivity contribution is -0.142. The van der Waals surface area contributed by atoms with Gasteiger partial charge in [-0.1, -0.05) is 0 Å². The van der Waals surface area contributed by atoms with Crippen LogP contribution in [0.5, 0.6) is 0 Å². The summed E-state index contributed by atoms with van der Waals surface area (Å²) in [6, 6.07) is -4.33. The maximum absolute atomic E-state index is 12.8. The van der Waals surface area contributed by atoms with Crippen molar-refractivity contribution in [1.29, 1.82) is 0 Å². The summed E-state index contributed by atoms with van der Waals surface area (Å²) < 4.78 is 0. The standard InChI is InChI=1S/C20H40N6O6S/c1-33-11-8-13(23)17(28)24-14(6-2-4-9-21)18(29)26-16(12-27)19(30)25-15(20(31)32)7-3-5-10-22/h13-16,27H,2-12,21-23H2,1H3,(H,24,28)(H,25,30)(H,26,29)(H,31,32). The molecule has 0 heterocycles. The number of aliphatic hydroxyl groups excluding tert-OH is 1. The number of aliphatic carboxylic acids is 1. The molecule has 0 rings (SSSR count). The molecule has 12 nitrogen and oxygen atoms in total. The Morgan fingerprint density at radius 3 is 1.76 bits per heavy atom. The van der Waals surface area contributed by atoms with E-state index in [0.29, 0.717) is 50.9 Å². The van der Waals surface area contributed by atoms with Crippen molar-refractivity contribution < 1.29 is 29.4 Å². The van der Waals surface area contributed by atoms with Crippen LogP contribution in [0.4, 0.5) is 0 Å². The minimum atomic E-state index is -1.38. The predicted molar refractivity (Wildman–Crippen MR) is 127 cm³/mol. The van der Waals surface area contributed by atoms with Crippen LogP contribution < -0.4 is 33.2 Å². The molecular weight excluding hydrogens is 452 g/mol. The van der Waals surface area contributed by atoms with Gasteiger partial charge in [-0.25, -0.2) is 4.79 Å². The summed E-state index contributed by atoms with van der Waals surface area (Å²) in [4.78, 5) is 49.1. The van der Waals surface area contributed by atoms with Gasteiger partial charge in [0.1, 0.15) is 18.1 Å². The van der Waals surface area contributed by atoms with Gasteiger partial charge in [-0.05, 0) is 70.0 Å². The molecule has 0 bridgehead atoms. The first-order chi connectivity index (χ1) is 15.7. The topological polar surface area (TPSA) is 223 Å². The van der Waals surface area contributed by atoms with Crippen molar-refractivity contribution in [2.24, 2.45) is 17.2 Å². The molecule has 0 aromatic heterocycles. The van der Waals surface area contributed by atoms with E-state index in [2.05, 4.69) is 16.0 Å². The minimum Gasteiger partial charge on any atom is -0.480 e. The smallest absolute Gasteiger partial charge is 0.326 e. The van der Waals surface area contributed by atoms with Crippen molar-refractivity contribution in [3.63, 3.8) is 0 Å². The summed E-state index contributed by atoms with van der Waals surface area (Å²) in [6.07, 6.45) is 5.03. The van der Waals surface area contributed by atoms with E-state index in [0.717, 1.165) is 0 Å². The molecule has 0 saturated carbocycles. The molecule has 0 radical (unpaired) electrons. The number of carbonyl (C=O) groups is 4. The first kappa shape index (κ1) is 31.1. The molecule has 3 amide bonds. The van der Waals surface area contributed by atoms with Gasteiger partial charge in [-0.3, -0.25) is 14.4 Å². The molecule has 0 saturated heterocycles. The molecule has 0 aliphatic rings. The summed E-state index contributed by atoms with van der Waals surface area (Å²) in [5, 5.41) is 26.2. The maximum atomic E-state index is 12.8. The number of amides is 3. The zero-order chi connectivity index (χ0) is 25.2. The lowest BCUT2D eigenvalue weighted by Gasteiger charge is -2.24. The Bertz CT molecular complexity index is 612. The molecule has 0 fully saturated rings. The van der Waals surface area contributed by atoms with E-state index in [1.54, 1.807) is 11.8 Å². The summed E-state index contributed by atoms with van der Waals surface area (Å²) in [6.45, 7) is 0.0646. The molecule has 4 atom stereocenters. The predicted octanol–water partition coefficient (Wildman–Crippen LogP) is -2.14. The summed E-state index contributed by atoms with van der Waals surface area (Å²) >= 11 is 1.54. The Morgan fingerprint density at radius 2 is 1.27 bits per heavy atom. The SMILES string of the molecule is CSCCC(N)C(=O)NC(CCCCN)C(=O)NC(CO)C(=O)NC(CCCCN)C(=O)O. The third-order valence-corrected chi connectivity index (χ3v) is 5.57. The van der Waals surface area contributed by atoms with Crippen LogP contribution in [0.15, 0.2) is 0 Å². The molecule has 0 aromatic carbocycles. The Kier molecular flexibility index (Phi) is 17.4. The van der Waals surface area contributed by atoms with Crippen molar-refractivity contribution in [3.8, 4) is 0 Å². The van der Waals surface area contributed by atoms with E-state index >= 15 is 0 Å². The number of unbranched alkanes of at least 4 members (excludes halogenated alkanes) is 2. The molecule has 0 aliphatic carbocycles. The van der Waals surface area contributed by atoms with E-state index in [-0.39, 0.29) is 12.8 Å². The van der Waals surface area contributed by atoms with Crippen molar-refractivity contribution in [1.82, 2.24) is 16.0 Å². The zero-order valence-electron chi connectivity index (χ0n) is 19.3. The quantitative estimate of drug-likeness (QED) is 0.0913. The van der Waals surface area contributed by atoms with Gasteiger partial charge in [-0.2, -0.15) is 11.8 Å². The summed E-state index contributed by atoms with van der Waals surface area (Å²) in [5.74, 6) is -2.56. The van der Waals surface area contributed by atoms with Crippen LogP contribution in [-0.4, -0.2) is 89.8 Å². The number of aliphatic hydroxyl groups is 1. The molecule has 4 unspecified atom stereocenters. The first-order valence-corrected chi connectivity index (χ1v) is 12.5. The van der Waals surface area contributed by atoms with E-state index < -0.39 is 54.5 Å². The van der Waals surface area contributed by atoms with Gasteiger partial charge in [-0.15, -0.1) is 0 Å². The average molecular weight is 493 g/mol. The van der Waals surface area contributed by atoms with Crippen molar-refractivity contribution in [3.05, 3.63) is 0 Å². The highest BCUT2D eigenvalue weighted by Crippen LogP contribution is 2.05. The van der Waals surface area contributed by atoms with E-state index in [4.69, 9.17) is 17.2 Å². The molecule has 0 aliphatic heterocycles. The van der Waals surface area contributed by atoms with Crippen LogP contribution in [0.25, 0.3) is 0 Å². The molecule has 13 heteroatoms. The average Bonchev–Trinajstić information content (AvgIpc) is 2.79. The minimum absolute atomic E-state index is 0.163. The number of nitrogens with two attached hydrogens (primary N) is 3. The molecular formula is C20H40N6O6S. The summed E-state index contributed by atoms with van der Waals surface area (Å²) in [5.41, 5.74) is 16.8. The van der Waals surface area contributed by atoms with E-state index in [9.17, 15) is 29.4 Å². The number of carbonyl (C=O) groups excluding carboxylic acids is 3.